The maximum Gasteiger partial charge on any atom is 0.417 e. The molecule has 1 aliphatic rings. The summed E-state index contributed by atoms with van der Waals surface area (Å²) in [7, 11) is -4.26. The van der Waals surface area contributed by atoms with Gasteiger partial charge >= 0.3 is 6.18 Å². The highest BCUT2D eigenvalue weighted by Crippen LogP contribution is 2.38. The smallest absolute Gasteiger partial charge is 0.207 e. The first-order valence-corrected chi connectivity index (χ1v) is 7.77. The van der Waals surface area contributed by atoms with Crippen LogP contribution in [0.5, 0.6) is 0 Å². The van der Waals surface area contributed by atoms with Gasteiger partial charge in [0.2, 0.25) is 10.0 Å². The van der Waals surface area contributed by atoms with Crippen LogP contribution in [-0.4, -0.2) is 25.3 Å². The fraction of sp³-hybridized carbons (Fsp3) is 0.462. The average molecular weight is 318 g/mol. The van der Waals surface area contributed by atoms with Crippen molar-refractivity contribution in [1.29, 1.82) is 5.26 Å². The van der Waals surface area contributed by atoms with Gasteiger partial charge in [0, 0.05) is 19.0 Å². The molecule has 1 aliphatic carbocycles. The van der Waals surface area contributed by atoms with Crippen LogP contribution in [0.3, 0.4) is 0 Å². The van der Waals surface area contributed by atoms with Crippen LogP contribution in [0.25, 0.3) is 0 Å². The molecule has 114 valence electrons. The topological polar surface area (TPSA) is 61.2 Å². The number of sulfonamides is 1. The second-order valence-corrected chi connectivity index (χ2v) is 6.61. The van der Waals surface area contributed by atoms with Gasteiger partial charge < -0.3 is 0 Å². The largest absolute Gasteiger partial charge is 0.417 e. The first kappa shape index (κ1) is 15.8. The number of alkyl halides is 3. The first-order valence-electron chi connectivity index (χ1n) is 6.33. The molecule has 21 heavy (non-hydrogen) atoms. The van der Waals surface area contributed by atoms with Crippen LogP contribution in [0.1, 0.15) is 24.8 Å². The molecule has 1 aromatic carbocycles. The highest BCUT2D eigenvalue weighted by Gasteiger charge is 2.42. The minimum atomic E-state index is -4.74. The molecule has 0 heterocycles. The van der Waals surface area contributed by atoms with Crippen LogP contribution in [0.4, 0.5) is 13.2 Å². The Morgan fingerprint density at radius 3 is 2.43 bits per heavy atom. The normalized spacial score (nSPS) is 16.0. The van der Waals surface area contributed by atoms with Crippen LogP contribution in [-0.2, 0) is 16.2 Å². The van der Waals surface area contributed by atoms with Crippen molar-refractivity contribution >= 4 is 10.0 Å². The molecule has 1 aromatic rings. The Bertz CT molecular complexity index is 661. The summed E-state index contributed by atoms with van der Waals surface area (Å²) in [5, 5.41) is 8.59. The van der Waals surface area contributed by atoms with Gasteiger partial charge in [0.05, 0.1) is 16.5 Å². The summed E-state index contributed by atoms with van der Waals surface area (Å²) in [4.78, 5) is -0.748. The molecule has 0 atom stereocenters. The van der Waals surface area contributed by atoms with Crippen molar-refractivity contribution in [2.24, 2.45) is 0 Å². The molecule has 8 heteroatoms. The van der Waals surface area contributed by atoms with Gasteiger partial charge in [-0.25, -0.2) is 8.42 Å². The van der Waals surface area contributed by atoms with Gasteiger partial charge in [-0.05, 0) is 25.0 Å². The zero-order valence-corrected chi connectivity index (χ0v) is 11.8. The zero-order valence-electron chi connectivity index (χ0n) is 11.0. The van der Waals surface area contributed by atoms with Crippen LogP contribution >= 0.6 is 0 Å². The maximum absolute atomic E-state index is 13.0. The lowest BCUT2D eigenvalue weighted by Gasteiger charge is -2.23. The first-order chi connectivity index (χ1) is 9.78. The Morgan fingerprint density at radius 1 is 1.29 bits per heavy atom. The molecular weight excluding hydrogens is 305 g/mol. The predicted molar refractivity (Wildman–Crippen MR) is 68.6 cm³/mol. The van der Waals surface area contributed by atoms with Crippen LogP contribution < -0.4 is 0 Å². The van der Waals surface area contributed by atoms with Crippen molar-refractivity contribution in [1.82, 2.24) is 4.31 Å². The molecular formula is C13H13F3N2O2S. The Kier molecular flexibility index (Phi) is 4.25. The second-order valence-electron chi connectivity index (χ2n) is 4.75. The molecule has 0 spiro atoms. The van der Waals surface area contributed by atoms with Crippen LogP contribution in [0.15, 0.2) is 29.2 Å². The van der Waals surface area contributed by atoms with Crippen LogP contribution in [0, 0.1) is 11.3 Å². The van der Waals surface area contributed by atoms with Crippen molar-refractivity contribution in [2.45, 2.75) is 36.4 Å². The lowest BCUT2D eigenvalue weighted by atomic mass is 10.2. The van der Waals surface area contributed by atoms with E-state index >= 15 is 0 Å². The van der Waals surface area contributed by atoms with Gasteiger partial charge in [-0.3, -0.25) is 0 Å². The molecule has 0 bridgehead atoms. The van der Waals surface area contributed by atoms with Crippen molar-refractivity contribution < 1.29 is 21.6 Å². The summed E-state index contributed by atoms with van der Waals surface area (Å²) in [5.74, 6) is 0. The summed E-state index contributed by atoms with van der Waals surface area (Å²) in [6, 6.07) is 5.64. The quantitative estimate of drug-likeness (QED) is 0.838. The van der Waals surface area contributed by atoms with Crippen LogP contribution in [0.2, 0.25) is 0 Å². The fourth-order valence-electron chi connectivity index (χ4n) is 2.07. The predicted octanol–water partition coefficient (Wildman–Crippen LogP) is 2.77. The number of benzene rings is 1. The molecule has 1 saturated carbocycles. The van der Waals surface area contributed by atoms with E-state index < -0.39 is 26.7 Å². The molecule has 0 radical (unpaired) electrons. The minimum absolute atomic E-state index is 0.0517. The number of hydrogen-bond acceptors (Lipinski definition) is 3. The Balaban J connectivity index is 2.46. The number of nitrogens with zero attached hydrogens (tertiary/aromatic N) is 2. The SMILES string of the molecule is N#CCCN(C1CC1)S(=O)(=O)c1ccccc1C(F)(F)F. The Morgan fingerprint density at radius 2 is 1.90 bits per heavy atom. The number of rotatable bonds is 5. The van der Waals surface area contributed by atoms with Crippen molar-refractivity contribution in [2.75, 3.05) is 6.54 Å². The fourth-order valence-corrected chi connectivity index (χ4v) is 3.97. The summed E-state index contributed by atoms with van der Waals surface area (Å²) in [5.41, 5.74) is -1.17. The lowest BCUT2D eigenvalue weighted by Crippen LogP contribution is -2.35. The van der Waals surface area contributed by atoms with E-state index in [2.05, 4.69) is 0 Å². The third-order valence-electron chi connectivity index (χ3n) is 3.18. The van der Waals surface area contributed by atoms with E-state index in [-0.39, 0.29) is 19.0 Å². The third-order valence-corrected chi connectivity index (χ3v) is 5.19. The maximum atomic E-state index is 13.0. The average Bonchev–Trinajstić information content (AvgIpc) is 3.22. The number of hydrogen-bond donors (Lipinski definition) is 0. The van der Waals surface area contributed by atoms with Gasteiger partial charge in [0.15, 0.2) is 0 Å². The van der Waals surface area contributed by atoms with Gasteiger partial charge in [-0.2, -0.15) is 22.7 Å². The van der Waals surface area contributed by atoms with Gasteiger partial charge in [-0.15, -0.1) is 0 Å². The van der Waals surface area contributed by atoms with Crippen molar-refractivity contribution in [3.8, 4) is 6.07 Å². The molecule has 0 saturated heterocycles. The van der Waals surface area contributed by atoms with Gasteiger partial charge in [0.25, 0.3) is 0 Å². The summed E-state index contributed by atoms with van der Waals surface area (Å²) < 4.78 is 64.9. The van der Waals surface area contributed by atoms with Crippen molar-refractivity contribution in [3.63, 3.8) is 0 Å². The monoisotopic (exact) mass is 318 g/mol. The molecule has 0 aromatic heterocycles. The molecule has 0 amide bonds. The van der Waals surface area contributed by atoms with E-state index in [1.165, 1.54) is 6.07 Å². The highest BCUT2D eigenvalue weighted by molar-refractivity contribution is 7.89. The standard InChI is InChI=1S/C13H13F3N2O2S/c14-13(15,16)11-4-1-2-5-12(11)21(19,20)18(9-3-8-17)10-6-7-10/h1-2,4-5,10H,3,6-7,9H2. The van der Waals surface area contributed by atoms with E-state index in [4.69, 9.17) is 5.26 Å². The van der Waals surface area contributed by atoms with E-state index in [0.717, 1.165) is 22.5 Å². The zero-order chi connectivity index (χ0) is 15.7. The molecule has 1 fully saturated rings. The number of halogens is 3. The Labute approximate surface area is 120 Å². The van der Waals surface area contributed by atoms with E-state index in [1.807, 2.05) is 6.07 Å². The summed E-state index contributed by atoms with van der Waals surface area (Å²) >= 11 is 0. The highest BCUT2D eigenvalue weighted by atomic mass is 32.2. The molecule has 4 nitrogen and oxygen atoms in total. The van der Waals surface area contributed by atoms with Crippen molar-refractivity contribution in [3.05, 3.63) is 29.8 Å². The Hall–Kier alpha value is -1.59. The molecule has 2 rings (SSSR count). The molecule has 0 aliphatic heterocycles. The van der Waals surface area contributed by atoms with Gasteiger partial charge in [-0.1, -0.05) is 12.1 Å². The van der Waals surface area contributed by atoms with E-state index in [1.54, 1.807) is 0 Å². The van der Waals surface area contributed by atoms with E-state index in [9.17, 15) is 21.6 Å². The third kappa shape index (κ3) is 3.36. The summed E-state index contributed by atoms with van der Waals surface area (Å²) in [6.45, 7) is -0.0876. The summed E-state index contributed by atoms with van der Waals surface area (Å²) in [6.07, 6.45) is -3.57. The second kappa shape index (κ2) is 5.66. The molecule has 0 unspecified atom stereocenters. The molecule has 0 N–H and O–H groups in total. The van der Waals surface area contributed by atoms with Gasteiger partial charge in [0.1, 0.15) is 0 Å². The lowest BCUT2D eigenvalue weighted by molar-refractivity contribution is -0.139. The number of nitriles is 1. The van der Waals surface area contributed by atoms with E-state index in [0.29, 0.717) is 12.8 Å². The minimum Gasteiger partial charge on any atom is -0.207 e.